The second-order valence-corrected chi connectivity index (χ2v) is 14.1. The number of carboxylic acid groups (broad SMARTS) is 1. The minimum Gasteiger partial charge on any atom is -0.475 e. The number of carbonyl (C=O) groups excluding carboxylic acids is 2. The number of nitrogens with one attached hydrogen (secondary N) is 3. The van der Waals surface area contributed by atoms with E-state index in [1.165, 1.54) is 17.3 Å². The summed E-state index contributed by atoms with van der Waals surface area (Å²) in [5, 5.41) is 13.0. The van der Waals surface area contributed by atoms with E-state index in [2.05, 4.69) is 20.6 Å². The molecular formula is C33H34F3N5O7S. The van der Waals surface area contributed by atoms with Crippen LogP contribution >= 0.6 is 0 Å². The van der Waals surface area contributed by atoms with E-state index in [0.717, 1.165) is 5.56 Å². The van der Waals surface area contributed by atoms with E-state index in [1.807, 2.05) is 24.3 Å². The van der Waals surface area contributed by atoms with Crippen LogP contribution in [0.5, 0.6) is 0 Å². The molecule has 3 heterocycles. The molecule has 1 atom stereocenters. The van der Waals surface area contributed by atoms with Crippen molar-refractivity contribution in [1.29, 1.82) is 0 Å². The lowest BCUT2D eigenvalue weighted by Crippen LogP contribution is -2.35. The first-order valence-corrected chi connectivity index (χ1v) is 16.6. The van der Waals surface area contributed by atoms with Gasteiger partial charge in [-0.3, -0.25) is 14.4 Å². The number of sulfone groups is 1. The van der Waals surface area contributed by atoms with Crippen LogP contribution in [0.4, 0.5) is 24.5 Å². The molecule has 4 bridgehead atoms. The Morgan fingerprint density at radius 1 is 1.02 bits per heavy atom. The maximum atomic E-state index is 14.1. The summed E-state index contributed by atoms with van der Waals surface area (Å²) in [6, 6.07) is 16.6. The summed E-state index contributed by atoms with van der Waals surface area (Å²) < 4.78 is 58.2. The molecule has 0 saturated carbocycles. The Kier molecular flexibility index (Phi) is 11.1. The summed E-state index contributed by atoms with van der Waals surface area (Å²) in [5.74, 6) is -3.23. The topological polar surface area (TPSA) is 179 Å². The van der Waals surface area contributed by atoms with Crippen molar-refractivity contribution in [3.63, 3.8) is 0 Å². The molecule has 2 aliphatic rings. The fourth-order valence-electron chi connectivity index (χ4n) is 5.03. The van der Waals surface area contributed by atoms with Gasteiger partial charge < -0.3 is 25.6 Å². The number of nitrogens with zero attached hydrogens (tertiary/aromatic N) is 2. The fraction of sp³-hybridized carbons (Fsp3) is 0.303. The van der Waals surface area contributed by atoms with E-state index in [-0.39, 0.29) is 28.8 Å². The van der Waals surface area contributed by atoms with Crippen molar-refractivity contribution < 1.29 is 41.1 Å². The number of H-pyrrole nitrogens is 1. The highest BCUT2D eigenvalue weighted by Gasteiger charge is 2.38. The molecule has 1 aromatic heterocycles. The molecule has 6 rings (SSSR count). The number of amides is 2. The van der Waals surface area contributed by atoms with Crippen LogP contribution in [0.2, 0.25) is 0 Å². The summed E-state index contributed by atoms with van der Waals surface area (Å²) >= 11 is 0. The smallest absolute Gasteiger partial charge is 0.475 e. The summed E-state index contributed by atoms with van der Waals surface area (Å²) in [6.07, 6.45) is -2.13. The largest absolute Gasteiger partial charge is 0.490 e. The van der Waals surface area contributed by atoms with Gasteiger partial charge in [-0.1, -0.05) is 24.3 Å². The molecular weight excluding hydrogens is 667 g/mol. The number of anilines is 2. The van der Waals surface area contributed by atoms with Crippen molar-refractivity contribution in [1.82, 2.24) is 14.9 Å². The molecule has 16 heteroatoms. The van der Waals surface area contributed by atoms with Crippen LogP contribution in [-0.2, 0) is 37.2 Å². The highest BCUT2D eigenvalue weighted by Crippen LogP contribution is 2.29. The Labute approximate surface area is 279 Å². The third-order valence-electron chi connectivity index (χ3n) is 7.68. The Morgan fingerprint density at radius 2 is 1.69 bits per heavy atom. The molecule has 4 N–H and O–H groups in total. The van der Waals surface area contributed by atoms with Gasteiger partial charge in [0.05, 0.1) is 27.4 Å². The summed E-state index contributed by atoms with van der Waals surface area (Å²) in [4.78, 5) is 56.3. The molecule has 4 aromatic rings. The van der Waals surface area contributed by atoms with Crippen molar-refractivity contribution in [3.05, 3.63) is 94.0 Å². The zero-order valence-corrected chi connectivity index (χ0v) is 27.5. The van der Waals surface area contributed by atoms with E-state index in [1.54, 1.807) is 51.2 Å². The third-order valence-corrected chi connectivity index (χ3v) is 9.93. The number of aromatic nitrogens is 2. The van der Waals surface area contributed by atoms with E-state index >= 15 is 0 Å². The first-order chi connectivity index (χ1) is 23.0. The molecule has 0 aliphatic carbocycles. The van der Waals surface area contributed by atoms with Crippen LogP contribution < -0.4 is 16.2 Å². The Hall–Kier alpha value is -5.25. The monoisotopic (exact) mass is 701 g/mol. The first kappa shape index (κ1) is 36.6. The Balaban J connectivity index is 0.000000698. The molecule has 0 saturated heterocycles. The van der Waals surface area contributed by atoms with Crippen LogP contribution in [0, 0.1) is 0 Å². The summed E-state index contributed by atoms with van der Waals surface area (Å²) in [5.41, 5.74) is 3.40. The van der Waals surface area contributed by atoms with Gasteiger partial charge in [-0.05, 0) is 79.8 Å². The van der Waals surface area contributed by atoms with E-state index < -0.39 is 33.3 Å². The van der Waals surface area contributed by atoms with Crippen molar-refractivity contribution in [2.45, 2.75) is 62.0 Å². The number of hydrogen-bond acceptors (Lipinski definition) is 8. The van der Waals surface area contributed by atoms with Gasteiger partial charge in [-0.15, -0.1) is 0 Å². The predicted molar refractivity (Wildman–Crippen MR) is 176 cm³/mol. The van der Waals surface area contributed by atoms with Crippen LogP contribution in [0.15, 0.2) is 76.7 Å². The lowest BCUT2D eigenvalue weighted by molar-refractivity contribution is -0.192. The SMILES string of the molecule is CC(C)S(=O)(=O)c1ccc2cc1CN(C)C(=O)C(Nc1ccc3nc[nH]c(=O)c3c1)c1ccc(cc1)CCCC(=O)N2.O=C(O)C(F)(F)F. The molecule has 1 unspecified atom stereocenters. The van der Waals surface area contributed by atoms with Crippen molar-refractivity contribution in [3.8, 4) is 0 Å². The van der Waals surface area contributed by atoms with E-state index in [0.29, 0.717) is 52.7 Å². The number of halogens is 3. The average molecular weight is 702 g/mol. The van der Waals surface area contributed by atoms with Crippen LogP contribution in [0.3, 0.4) is 0 Å². The lowest BCUT2D eigenvalue weighted by Gasteiger charge is -2.27. The number of fused-ring (bicyclic) bond motifs is 10. The number of carbonyl (C=O) groups is 3. The Bertz CT molecular complexity index is 2030. The molecule has 0 radical (unpaired) electrons. The zero-order valence-electron chi connectivity index (χ0n) is 26.7. The number of likely N-dealkylation sites (N-methyl/N-ethyl adjacent to an activating group) is 1. The number of carboxylic acids is 1. The number of hydrogen-bond donors (Lipinski definition) is 4. The number of benzene rings is 3. The quantitative estimate of drug-likeness (QED) is 0.232. The molecule has 2 aliphatic heterocycles. The van der Waals surface area contributed by atoms with Crippen LogP contribution in [0.25, 0.3) is 10.9 Å². The molecule has 0 spiro atoms. The number of aryl methyl sites for hydroxylation is 1. The van der Waals surface area contributed by atoms with Crippen molar-refractivity contribution >= 4 is 49.9 Å². The summed E-state index contributed by atoms with van der Waals surface area (Å²) in [6.45, 7) is 3.20. The molecule has 3 aromatic carbocycles. The van der Waals surface area contributed by atoms with Gasteiger partial charge in [0.1, 0.15) is 6.04 Å². The van der Waals surface area contributed by atoms with Gasteiger partial charge in [0, 0.05) is 31.4 Å². The first-order valence-electron chi connectivity index (χ1n) is 15.0. The second-order valence-electron chi connectivity index (χ2n) is 11.6. The highest BCUT2D eigenvalue weighted by atomic mass is 32.2. The number of rotatable bonds is 4. The van der Waals surface area contributed by atoms with Crippen molar-refractivity contribution in [2.75, 3.05) is 17.7 Å². The summed E-state index contributed by atoms with van der Waals surface area (Å²) in [7, 11) is -2.07. The van der Waals surface area contributed by atoms with E-state index in [9.17, 15) is 36.0 Å². The van der Waals surface area contributed by atoms with Crippen LogP contribution in [-0.4, -0.2) is 64.6 Å². The molecule has 260 valence electrons. The van der Waals surface area contributed by atoms with Gasteiger partial charge in [-0.25, -0.2) is 18.2 Å². The molecule has 2 amide bonds. The van der Waals surface area contributed by atoms with Gasteiger partial charge >= 0.3 is 12.1 Å². The van der Waals surface area contributed by atoms with Crippen molar-refractivity contribution in [2.24, 2.45) is 0 Å². The average Bonchev–Trinajstić information content (AvgIpc) is 3.03. The van der Waals surface area contributed by atoms with Gasteiger partial charge in [0.15, 0.2) is 9.84 Å². The molecule has 49 heavy (non-hydrogen) atoms. The maximum absolute atomic E-state index is 14.1. The fourth-order valence-corrected chi connectivity index (χ4v) is 6.29. The number of aromatic amines is 1. The van der Waals surface area contributed by atoms with Gasteiger partial charge in [-0.2, -0.15) is 13.2 Å². The Morgan fingerprint density at radius 3 is 2.33 bits per heavy atom. The number of alkyl halides is 3. The maximum Gasteiger partial charge on any atom is 0.490 e. The van der Waals surface area contributed by atoms with Gasteiger partial charge in [0.2, 0.25) is 11.8 Å². The minimum absolute atomic E-state index is 0.0125. The normalized spacial score (nSPS) is 15.8. The lowest BCUT2D eigenvalue weighted by atomic mass is 10.00. The zero-order chi connectivity index (χ0) is 36.1. The van der Waals surface area contributed by atoms with E-state index in [4.69, 9.17) is 9.90 Å². The standard InChI is InChI=1S/C31H33N5O5S.C2HF3O2/c1-19(2)42(40,41)27-14-12-23-15-22(27)17-36(3)31(39)29(21-9-7-20(8-10-21)5-4-6-28(37)34-23)35-24-11-13-26-25(16-24)30(38)33-18-32-26;3-2(4,5)1(6)7/h7-16,18-19,29,35H,4-6,17H2,1-3H3,(H,34,37)(H,32,33,38);(H,6,7). The second kappa shape index (κ2) is 14.9. The minimum atomic E-state index is -5.08. The third kappa shape index (κ3) is 9.01. The van der Waals surface area contributed by atoms with Gasteiger partial charge in [0.25, 0.3) is 5.56 Å². The predicted octanol–water partition coefficient (Wildman–Crippen LogP) is 4.83. The molecule has 0 fully saturated rings. The highest BCUT2D eigenvalue weighted by molar-refractivity contribution is 7.92. The molecule has 12 nitrogen and oxygen atoms in total. The van der Waals surface area contributed by atoms with Crippen LogP contribution in [0.1, 0.15) is 49.4 Å². The number of aliphatic carboxylic acids is 1.